The zero-order valence-corrected chi connectivity index (χ0v) is 18.1. The van der Waals surface area contributed by atoms with Crippen LogP contribution in [0.5, 0.6) is 0 Å². The fourth-order valence-electron chi connectivity index (χ4n) is 3.78. The molecule has 3 rings (SSSR count). The van der Waals surface area contributed by atoms with Crippen LogP contribution in [0.3, 0.4) is 0 Å². The predicted octanol–water partition coefficient (Wildman–Crippen LogP) is 4.82. The third kappa shape index (κ3) is 7.34. The Bertz CT molecular complexity index is 919. The van der Waals surface area contributed by atoms with Crippen molar-refractivity contribution in [3.63, 3.8) is 0 Å². The van der Waals surface area contributed by atoms with E-state index in [1.54, 1.807) is 17.0 Å². The molecule has 0 bridgehead atoms. The molecule has 0 aliphatic carbocycles. The number of nitrogens with zero attached hydrogens (tertiary/aromatic N) is 1. The molecule has 160 valence electrons. The molecule has 1 aliphatic rings. The maximum Gasteiger partial charge on any atom is 0.331 e. The van der Waals surface area contributed by atoms with Crippen LogP contribution in [0.15, 0.2) is 66.1 Å². The highest BCUT2D eigenvalue weighted by atomic mass is 32.2. The quantitative estimate of drug-likeness (QED) is 0.615. The second-order valence-electron chi connectivity index (χ2n) is 7.83. The van der Waals surface area contributed by atoms with Crippen LogP contribution in [0.25, 0.3) is 6.08 Å². The van der Waals surface area contributed by atoms with Crippen LogP contribution in [0.4, 0.5) is 4.79 Å². The molecule has 2 amide bonds. The summed E-state index contributed by atoms with van der Waals surface area (Å²) in [5, 5.41) is 1.04. The van der Waals surface area contributed by atoms with Gasteiger partial charge in [0.15, 0.2) is 0 Å². The number of urea groups is 1. The molecule has 0 saturated carbocycles. The lowest BCUT2D eigenvalue weighted by molar-refractivity contribution is 0.172. The number of carbonyl (C=O) groups excluding carboxylic acids is 1. The number of rotatable bonds is 8. The summed E-state index contributed by atoms with van der Waals surface area (Å²) in [5.74, 6) is 0.611. The predicted molar refractivity (Wildman–Crippen MR) is 121 cm³/mol. The van der Waals surface area contributed by atoms with Crippen LogP contribution in [0, 0.1) is 5.92 Å². The molecule has 2 aromatic carbocycles. The third-order valence-electron chi connectivity index (χ3n) is 5.54. The largest absolute Gasteiger partial charge is 0.331 e. The van der Waals surface area contributed by atoms with Gasteiger partial charge in [0.2, 0.25) is 0 Å². The summed E-state index contributed by atoms with van der Waals surface area (Å²) in [5.41, 5.74) is 2.15. The van der Waals surface area contributed by atoms with Crippen LogP contribution < -0.4 is 4.72 Å². The fraction of sp³-hybridized carbons (Fsp3) is 0.375. The van der Waals surface area contributed by atoms with E-state index in [0.717, 1.165) is 30.2 Å². The van der Waals surface area contributed by atoms with E-state index in [1.165, 1.54) is 30.9 Å². The van der Waals surface area contributed by atoms with Gasteiger partial charge in [0.05, 0.1) is 5.41 Å². The number of nitrogens with one attached hydrogen (secondary N) is 1. The van der Waals surface area contributed by atoms with E-state index in [0.29, 0.717) is 19.0 Å². The summed E-state index contributed by atoms with van der Waals surface area (Å²) in [7, 11) is -3.81. The van der Waals surface area contributed by atoms with E-state index in [4.69, 9.17) is 0 Å². The summed E-state index contributed by atoms with van der Waals surface area (Å²) in [6.07, 6.45) is 7.98. The smallest absolute Gasteiger partial charge is 0.324 e. The van der Waals surface area contributed by atoms with Gasteiger partial charge >= 0.3 is 6.03 Å². The minimum Gasteiger partial charge on any atom is -0.324 e. The van der Waals surface area contributed by atoms with Gasteiger partial charge < -0.3 is 4.90 Å². The molecule has 1 saturated heterocycles. The normalized spacial score (nSPS) is 15.4. The maximum atomic E-state index is 12.4. The van der Waals surface area contributed by atoms with Crippen LogP contribution in [-0.2, 0) is 16.4 Å². The first-order chi connectivity index (χ1) is 14.5. The van der Waals surface area contributed by atoms with Gasteiger partial charge in [-0.05, 0) is 48.8 Å². The molecule has 0 spiro atoms. The highest BCUT2D eigenvalue weighted by Crippen LogP contribution is 2.23. The van der Waals surface area contributed by atoms with Gasteiger partial charge in [0.25, 0.3) is 10.0 Å². The van der Waals surface area contributed by atoms with Gasteiger partial charge in [-0.1, -0.05) is 73.5 Å². The molecule has 1 heterocycles. The third-order valence-corrected chi connectivity index (χ3v) is 6.49. The average molecular weight is 427 g/mol. The Morgan fingerprint density at radius 1 is 0.967 bits per heavy atom. The van der Waals surface area contributed by atoms with E-state index in [-0.39, 0.29) is 0 Å². The molecule has 2 aromatic rings. The van der Waals surface area contributed by atoms with Gasteiger partial charge in [0, 0.05) is 13.1 Å². The zero-order chi connectivity index (χ0) is 21.2. The summed E-state index contributed by atoms with van der Waals surface area (Å²) in [4.78, 5) is 14.0. The minimum atomic E-state index is -3.81. The molecular formula is C24H30N2O3S. The highest BCUT2D eigenvalue weighted by molar-refractivity contribution is 7.93. The molecular weight excluding hydrogens is 396 g/mol. The van der Waals surface area contributed by atoms with Crippen molar-refractivity contribution in [3.8, 4) is 0 Å². The lowest BCUT2D eigenvalue weighted by Crippen LogP contribution is -2.45. The van der Waals surface area contributed by atoms with Crippen molar-refractivity contribution in [3.05, 3.63) is 77.2 Å². The van der Waals surface area contributed by atoms with Gasteiger partial charge in [-0.2, -0.15) is 0 Å². The van der Waals surface area contributed by atoms with Gasteiger partial charge in [-0.15, -0.1) is 0 Å². The molecule has 0 radical (unpaired) electrons. The molecule has 1 N–H and O–H groups in total. The standard InChI is InChI=1S/C24H30N2O3S/c27-24(25-30(28,29)20-17-22-11-5-2-6-12-22)26-18-15-23(16-19-26)14-8-7-13-21-9-3-1-4-10-21/h1-6,9-12,17,20,23H,7-8,13-16,18-19H2,(H,25,27). The molecule has 0 aromatic heterocycles. The second-order valence-corrected chi connectivity index (χ2v) is 9.39. The maximum absolute atomic E-state index is 12.4. The highest BCUT2D eigenvalue weighted by Gasteiger charge is 2.24. The lowest BCUT2D eigenvalue weighted by Gasteiger charge is -2.31. The Balaban J connectivity index is 1.36. The monoisotopic (exact) mass is 426 g/mol. The van der Waals surface area contributed by atoms with Crippen molar-refractivity contribution in [2.75, 3.05) is 13.1 Å². The van der Waals surface area contributed by atoms with Crippen molar-refractivity contribution >= 4 is 22.1 Å². The van der Waals surface area contributed by atoms with Gasteiger partial charge in [0.1, 0.15) is 0 Å². The van der Waals surface area contributed by atoms with Crippen molar-refractivity contribution < 1.29 is 13.2 Å². The van der Waals surface area contributed by atoms with E-state index < -0.39 is 16.1 Å². The number of benzene rings is 2. The first-order valence-electron chi connectivity index (χ1n) is 10.6. The SMILES string of the molecule is O=C(NS(=O)(=O)C=Cc1ccccc1)N1CCC(CCCCc2ccccc2)CC1. The Kier molecular flexibility index (Phi) is 8.08. The summed E-state index contributed by atoms with van der Waals surface area (Å²) in [6, 6.07) is 19.1. The summed E-state index contributed by atoms with van der Waals surface area (Å²) in [6.45, 7) is 1.21. The van der Waals surface area contributed by atoms with Crippen LogP contribution in [-0.4, -0.2) is 32.4 Å². The second kappa shape index (κ2) is 11.0. The van der Waals surface area contributed by atoms with E-state index in [1.807, 2.05) is 24.3 Å². The van der Waals surface area contributed by atoms with Gasteiger partial charge in [-0.3, -0.25) is 0 Å². The number of likely N-dealkylation sites (tertiary alicyclic amines) is 1. The molecule has 1 aliphatic heterocycles. The number of hydrogen-bond acceptors (Lipinski definition) is 3. The summed E-state index contributed by atoms with van der Waals surface area (Å²) >= 11 is 0. The number of aryl methyl sites for hydroxylation is 1. The molecule has 1 fully saturated rings. The summed E-state index contributed by atoms with van der Waals surface area (Å²) < 4.78 is 26.5. The topological polar surface area (TPSA) is 66.5 Å². The molecule has 30 heavy (non-hydrogen) atoms. The van der Waals surface area contributed by atoms with Crippen molar-refractivity contribution in [1.29, 1.82) is 0 Å². The number of amides is 2. The number of sulfonamides is 1. The zero-order valence-electron chi connectivity index (χ0n) is 17.2. The Morgan fingerprint density at radius 2 is 1.60 bits per heavy atom. The number of piperidine rings is 1. The molecule has 0 unspecified atom stereocenters. The van der Waals surface area contributed by atoms with Crippen LogP contribution in [0.2, 0.25) is 0 Å². The minimum absolute atomic E-state index is 0.532. The first-order valence-corrected chi connectivity index (χ1v) is 12.2. The van der Waals surface area contributed by atoms with Crippen molar-refractivity contribution in [2.24, 2.45) is 5.92 Å². The molecule has 0 atom stereocenters. The first kappa shape index (κ1) is 22.1. The number of hydrogen-bond donors (Lipinski definition) is 1. The number of carbonyl (C=O) groups is 1. The fourth-order valence-corrected chi connectivity index (χ4v) is 4.56. The molecule has 5 nitrogen and oxygen atoms in total. The van der Waals surface area contributed by atoms with Crippen molar-refractivity contribution in [1.82, 2.24) is 9.62 Å². The van der Waals surface area contributed by atoms with Crippen molar-refractivity contribution in [2.45, 2.75) is 38.5 Å². The number of unbranched alkanes of at least 4 members (excludes halogenated alkanes) is 1. The Labute approximate surface area is 179 Å². The van der Waals surface area contributed by atoms with Crippen LogP contribution >= 0.6 is 0 Å². The Hall–Kier alpha value is -2.60. The lowest BCUT2D eigenvalue weighted by atomic mass is 9.91. The average Bonchev–Trinajstić information content (AvgIpc) is 2.77. The van der Waals surface area contributed by atoms with E-state index in [2.05, 4.69) is 29.0 Å². The van der Waals surface area contributed by atoms with Gasteiger partial charge in [-0.25, -0.2) is 17.9 Å². The van der Waals surface area contributed by atoms with E-state index in [9.17, 15) is 13.2 Å². The molecule has 6 heteroatoms. The Morgan fingerprint density at radius 3 is 2.27 bits per heavy atom. The van der Waals surface area contributed by atoms with E-state index >= 15 is 0 Å². The van der Waals surface area contributed by atoms with Crippen LogP contribution in [0.1, 0.15) is 43.2 Å².